The Morgan fingerprint density at radius 2 is 1.77 bits per heavy atom. The summed E-state index contributed by atoms with van der Waals surface area (Å²) in [6.45, 7) is 1.34. The molecule has 1 aliphatic rings. The predicted molar refractivity (Wildman–Crippen MR) is 112 cm³/mol. The zero-order chi connectivity index (χ0) is 21.1. The van der Waals surface area contributed by atoms with Crippen molar-refractivity contribution in [2.75, 3.05) is 13.1 Å². The van der Waals surface area contributed by atoms with E-state index in [-0.39, 0.29) is 28.9 Å². The van der Waals surface area contributed by atoms with Crippen LogP contribution in [0.25, 0.3) is 0 Å². The van der Waals surface area contributed by atoms with Crippen LogP contribution in [0.15, 0.2) is 64.1 Å². The van der Waals surface area contributed by atoms with Gasteiger partial charge in [0.2, 0.25) is 15.8 Å². The summed E-state index contributed by atoms with van der Waals surface area (Å²) in [6, 6.07) is 12.7. The SMILES string of the molecule is O=C(NCc1ccc(C(=O)c2ccco2)s1)c1ccc(S(=O)(=O)N2CCCC2)cc1. The number of nitrogens with one attached hydrogen (secondary N) is 1. The van der Waals surface area contributed by atoms with Crippen LogP contribution in [0.3, 0.4) is 0 Å². The summed E-state index contributed by atoms with van der Waals surface area (Å²) in [7, 11) is -3.50. The molecule has 0 spiro atoms. The zero-order valence-corrected chi connectivity index (χ0v) is 17.7. The molecule has 0 aliphatic carbocycles. The Hall–Kier alpha value is -2.75. The molecule has 1 fully saturated rings. The topological polar surface area (TPSA) is 96.7 Å². The van der Waals surface area contributed by atoms with Crippen molar-refractivity contribution in [2.45, 2.75) is 24.3 Å². The molecule has 1 N–H and O–H groups in total. The number of hydrogen-bond donors (Lipinski definition) is 1. The van der Waals surface area contributed by atoms with Gasteiger partial charge < -0.3 is 9.73 Å². The molecule has 9 heteroatoms. The monoisotopic (exact) mass is 444 g/mol. The lowest BCUT2D eigenvalue weighted by molar-refractivity contribution is 0.0950. The normalized spacial score (nSPS) is 14.7. The van der Waals surface area contributed by atoms with Gasteiger partial charge in [-0.3, -0.25) is 9.59 Å². The molecule has 0 bridgehead atoms. The molecule has 0 atom stereocenters. The number of nitrogens with zero attached hydrogens (tertiary/aromatic N) is 1. The van der Waals surface area contributed by atoms with Crippen LogP contribution in [0.5, 0.6) is 0 Å². The number of thiophene rings is 1. The lowest BCUT2D eigenvalue weighted by Gasteiger charge is -2.15. The fraction of sp³-hybridized carbons (Fsp3) is 0.238. The molecule has 1 saturated heterocycles. The summed E-state index contributed by atoms with van der Waals surface area (Å²) in [5.74, 6) is -0.235. The van der Waals surface area contributed by atoms with E-state index in [4.69, 9.17) is 4.42 Å². The highest BCUT2D eigenvalue weighted by Gasteiger charge is 2.27. The van der Waals surface area contributed by atoms with Crippen LogP contribution in [0, 0.1) is 0 Å². The Balaban J connectivity index is 1.37. The van der Waals surface area contributed by atoms with Gasteiger partial charge in [0.1, 0.15) is 0 Å². The minimum Gasteiger partial charge on any atom is -0.461 e. The lowest BCUT2D eigenvalue weighted by Crippen LogP contribution is -2.28. The van der Waals surface area contributed by atoms with Gasteiger partial charge in [0.05, 0.1) is 22.6 Å². The first kappa shape index (κ1) is 20.5. The van der Waals surface area contributed by atoms with Crippen molar-refractivity contribution in [3.8, 4) is 0 Å². The first-order chi connectivity index (χ1) is 14.4. The highest BCUT2D eigenvalue weighted by Crippen LogP contribution is 2.22. The van der Waals surface area contributed by atoms with E-state index in [1.807, 2.05) is 0 Å². The maximum Gasteiger partial charge on any atom is 0.251 e. The number of carbonyl (C=O) groups excluding carboxylic acids is 2. The van der Waals surface area contributed by atoms with Gasteiger partial charge in [0.25, 0.3) is 5.91 Å². The zero-order valence-electron chi connectivity index (χ0n) is 16.0. The first-order valence-corrected chi connectivity index (χ1v) is 11.8. The smallest absolute Gasteiger partial charge is 0.251 e. The summed E-state index contributed by atoms with van der Waals surface area (Å²) in [4.78, 5) is 26.2. The van der Waals surface area contributed by atoms with Crippen LogP contribution in [0.1, 0.15) is 43.5 Å². The van der Waals surface area contributed by atoms with Gasteiger partial charge in [0, 0.05) is 23.5 Å². The Morgan fingerprint density at radius 3 is 2.43 bits per heavy atom. The third kappa shape index (κ3) is 4.23. The van der Waals surface area contributed by atoms with Gasteiger partial charge >= 0.3 is 0 Å². The average Bonchev–Trinajstić information content (AvgIpc) is 3.53. The van der Waals surface area contributed by atoms with E-state index < -0.39 is 10.0 Å². The molecule has 4 rings (SSSR count). The minimum absolute atomic E-state index is 0.195. The Kier molecular flexibility index (Phi) is 5.85. The van der Waals surface area contributed by atoms with Crippen molar-refractivity contribution in [1.82, 2.24) is 9.62 Å². The molecule has 3 heterocycles. The fourth-order valence-electron chi connectivity index (χ4n) is 3.25. The molecule has 156 valence electrons. The highest BCUT2D eigenvalue weighted by molar-refractivity contribution is 7.89. The van der Waals surface area contributed by atoms with Crippen molar-refractivity contribution in [2.24, 2.45) is 0 Å². The van der Waals surface area contributed by atoms with Crippen molar-refractivity contribution in [3.63, 3.8) is 0 Å². The molecule has 0 saturated carbocycles. The summed E-state index contributed by atoms with van der Waals surface area (Å²) in [6.07, 6.45) is 3.19. The summed E-state index contributed by atoms with van der Waals surface area (Å²) < 4.78 is 31.7. The number of sulfonamides is 1. The quantitative estimate of drug-likeness (QED) is 0.564. The molecule has 1 aromatic carbocycles. The fourth-order valence-corrected chi connectivity index (χ4v) is 5.66. The average molecular weight is 445 g/mol. The molecule has 3 aromatic rings. The first-order valence-electron chi connectivity index (χ1n) is 9.50. The van der Waals surface area contributed by atoms with Gasteiger partial charge in [-0.2, -0.15) is 4.31 Å². The Bertz CT molecular complexity index is 1140. The van der Waals surface area contributed by atoms with Crippen molar-refractivity contribution in [3.05, 3.63) is 75.9 Å². The maximum absolute atomic E-state index is 12.6. The summed E-state index contributed by atoms with van der Waals surface area (Å²) in [5, 5.41) is 2.79. The van der Waals surface area contributed by atoms with Crippen molar-refractivity contribution in [1.29, 1.82) is 0 Å². The number of amides is 1. The van der Waals surface area contributed by atoms with E-state index >= 15 is 0 Å². The van der Waals surface area contributed by atoms with Gasteiger partial charge in [-0.05, 0) is 61.4 Å². The van der Waals surface area contributed by atoms with Crippen LogP contribution in [0.4, 0.5) is 0 Å². The number of furan rings is 1. The Morgan fingerprint density at radius 1 is 1.03 bits per heavy atom. The van der Waals surface area contributed by atoms with E-state index in [0.29, 0.717) is 23.5 Å². The molecular weight excluding hydrogens is 424 g/mol. The van der Waals surface area contributed by atoms with E-state index in [1.165, 1.54) is 46.2 Å². The van der Waals surface area contributed by atoms with Gasteiger partial charge in [-0.25, -0.2) is 8.42 Å². The summed E-state index contributed by atoms with van der Waals surface area (Å²) >= 11 is 1.29. The van der Waals surface area contributed by atoms with Gasteiger partial charge in [0.15, 0.2) is 5.76 Å². The Labute approximate surface area is 178 Å². The van der Waals surface area contributed by atoms with Crippen LogP contribution in [-0.2, 0) is 16.6 Å². The summed E-state index contributed by atoms with van der Waals surface area (Å²) in [5.41, 5.74) is 0.374. The van der Waals surface area contributed by atoms with Crippen molar-refractivity contribution >= 4 is 33.1 Å². The standard InChI is InChI=1S/C21H20N2O5S2/c24-20(18-4-3-13-28-18)19-10-7-16(29-19)14-22-21(25)15-5-8-17(9-6-15)30(26,27)23-11-1-2-12-23/h3-10,13H,1-2,11-12,14H2,(H,22,25). The van der Waals surface area contributed by atoms with Gasteiger partial charge in [-0.15, -0.1) is 11.3 Å². The number of ketones is 1. The van der Waals surface area contributed by atoms with E-state index in [1.54, 1.807) is 24.3 Å². The molecule has 7 nitrogen and oxygen atoms in total. The van der Waals surface area contributed by atoms with Gasteiger partial charge in [-0.1, -0.05) is 0 Å². The minimum atomic E-state index is -3.50. The second kappa shape index (κ2) is 8.55. The van der Waals surface area contributed by atoms with Crippen LogP contribution >= 0.6 is 11.3 Å². The molecule has 1 aliphatic heterocycles. The van der Waals surface area contributed by atoms with Crippen LogP contribution in [-0.4, -0.2) is 37.5 Å². The lowest BCUT2D eigenvalue weighted by atomic mass is 10.2. The molecule has 30 heavy (non-hydrogen) atoms. The third-order valence-electron chi connectivity index (χ3n) is 4.87. The number of carbonyl (C=O) groups is 2. The second-order valence-electron chi connectivity index (χ2n) is 6.89. The van der Waals surface area contributed by atoms with E-state index in [9.17, 15) is 18.0 Å². The molecule has 0 radical (unpaired) electrons. The number of rotatable bonds is 7. The second-order valence-corrected chi connectivity index (χ2v) is 10.00. The van der Waals surface area contributed by atoms with E-state index in [0.717, 1.165) is 17.7 Å². The van der Waals surface area contributed by atoms with Crippen molar-refractivity contribution < 1.29 is 22.4 Å². The number of hydrogen-bond acceptors (Lipinski definition) is 6. The third-order valence-corrected chi connectivity index (χ3v) is 7.87. The molecule has 2 aromatic heterocycles. The predicted octanol–water partition coefficient (Wildman–Crippen LogP) is 3.29. The highest BCUT2D eigenvalue weighted by atomic mass is 32.2. The molecular formula is C21H20N2O5S2. The largest absolute Gasteiger partial charge is 0.461 e. The van der Waals surface area contributed by atoms with Crippen LogP contribution < -0.4 is 5.32 Å². The van der Waals surface area contributed by atoms with E-state index in [2.05, 4.69) is 5.32 Å². The molecule has 0 unspecified atom stereocenters. The maximum atomic E-state index is 12.6. The van der Waals surface area contributed by atoms with Crippen LogP contribution in [0.2, 0.25) is 0 Å². The number of benzene rings is 1. The molecule has 1 amide bonds.